The average molecular weight is 475 g/mol. The Kier molecular flexibility index (Phi) is 6.15. The number of nitrogens with zero attached hydrogens (tertiary/aromatic N) is 5. The molecule has 1 aliphatic rings. The third-order valence-corrected chi connectivity index (χ3v) is 6.16. The first kappa shape index (κ1) is 23.8. The highest BCUT2D eigenvalue weighted by atomic mass is 19.4. The van der Waals surface area contributed by atoms with E-state index >= 15 is 0 Å². The van der Waals surface area contributed by atoms with Gasteiger partial charge >= 0.3 is 6.30 Å². The van der Waals surface area contributed by atoms with E-state index in [1.165, 1.54) is 32.2 Å². The monoisotopic (exact) mass is 475 g/mol. The molecule has 0 saturated heterocycles. The summed E-state index contributed by atoms with van der Waals surface area (Å²) < 4.78 is 44.4. The van der Waals surface area contributed by atoms with Crippen LogP contribution in [0, 0.1) is 5.92 Å². The van der Waals surface area contributed by atoms with Crippen molar-refractivity contribution in [1.82, 2.24) is 19.7 Å². The van der Waals surface area contributed by atoms with E-state index in [1.807, 2.05) is 0 Å². The highest BCUT2D eigenvalue weighted by molar-refractivity contribution is 6.07. The lowest BCUT2D eigenvalue weighted by Crippen LogP contribution is -2.44. The number of carbonyl (C=O) groups is 2. The van der Waals surface area contributed by atoms with Gasteiger partial charge in [0.25, 0.3) is 5.91 Å². The number of aromatic nitrogens is 4. The van der Waals surface area contributed by atoms with Crippen molar-refractivity contribution in [2.45, 2.75) is 57.5 Å². The van der Waals surface area contributed by atoms with Crippen molar-refractivity contribution >= 4 is 28.8 Å². The summed E-state index contributed by atoms with van der Waals surface area (Å²) >= 11 is 0. The molecule has 1 N–H and O–H groups in total. The van der Waals surface area contributed by atoms with E-state index in [0.29, 0.717) is 36.6 Å². The molecule has 180 valence electrons. The average Bonchev–Trinajstić information content (AvgIpc) is 3.20. The van der Waals surface area contributed by atoms with E-state index in [4.69, 9.17) is 0 Å². The SMILES string of the molecule is CC(C)(O)c1cc2c(cnn2C2CCC(C=O)CC2)cc1N(C(=O)c1cncnc1)C(F)(F)F. The summed E-state index contributed by atoms with van der Waals surface area (Å²) in [6.07, 6.45) is 3.28. The van der Waals surface area contributed by atoms with Gasteiger partial charge in [-0.1, -0.05) is 0 Å². The van der Waals surface area contributed by atoms with Gasteiger partial charge in [0.15, 0.2) is 0 Å². The number of anilines is 1. The number of alkyl halides is 3. The highest BCUT2D eigenvalue weighted by Gasteiger charge is 2.45. The number of amides is 1. The van der Waals surface area contributed by atoms with Gasteiger partial charge in [0.05, 0.1) is 34.6 Å². The van der Waals surface area contributed by atoms with Crippen LogP contribution in [0.25, 0.3) is 10.9 Å². The molecule has 0 aliphatic heterocycles. The number of halogens is 3. The molecule has 34 heavy (non-hydrogen) atoms. The van der Waals surface area contributed by atoms with E-state index < -0.39 is 23.5 Å². The van der Waals surface area contributed by atoms with Crippen LogP contribution in [-0.2, 0) is 10.4 Å². The minimum absolute atomic E-state index is 0.00457. The molecule has 1 aliphatic carbocycles. The maximum absolute atomic E-state index is 14.2. The Morgan fingerprint density at radius 1 is 1.12 bits per heavy atom. The Balaban J connectivity index is 1.85. The predicted octanol–water partition coefficient (Wildman–Crippen LogP) is 4.15. The zero-order chi connectivity index (χ0) is 24.7. The molecule has 11 heteroatoms. The van der Waals surface area contributed by atoms with Crippen molar-refractivity contribution in [3.05, 3.63) is 48.2 Å². The number of aliphatic hydroxyl groups is 1. The lowest BCUT2D eigenvalue weighted by molar-refractivity contribution is -0.122. The number of benzene rings is 1. The molecule has 1 aromatic carbocycles. The van der Waals surface area contributed by atoms with Crippen LogP contribution in [0.5, 0.6) is 0 Å². The third-order valence-electron chi connectivity index (χ3n) is 6.16. The van der Waals surface area contributed by atoms with Gasteiger partial charge in [-0.2, -0.15) is 5.10 Å². The molecule has 1 fully saturated rings. The molecule has 0 spiro atoms. The van der Waals surface area contributed by atoms with Crippen molar-refractivity contribution < 1.29 is 27.9 Å². The maximum atomic E-state index is 14.2. The minimum Gasteiger partial charge on any atom is -0.386 e. The zero-order valence-corrected chi connectivity index (χ0v) is 18.7. The van der Waals surface area contributed by atoms with E-state index in [0.717, 1.165) is 25.0 Å². The van der Waals surface area contributed by atoms with Crippen LogP contribution < -0.4 is 4.90 Å². The van der Waals surface area contributed by atoms with Gasteiger partial charge in [-0.25, -0.2) is 14.9 Å². The Morgan fingerprint density at radius 2 is 1.76 bits per heavy atom. The van der Waals surface area contributed by atoms with Crippen molar-refractivity contribution in [3.8, 4) is 0 Å². The summed E-state index contributed by atoms with van der Waals surface area (Å²) in [6, 6.07) is 2.66. The second kappa shape index (κ2) is 8.79. The molecule has 4 rings (SSSR count). The Hall–Kier alpha value is -3.34. The standard InChI is InChI=1S/C23H24F3N5O3/c1-22(2,34)18-8-19-15(11-29-31(19)17-5-3-14(12-32)4-6-17)7-20(18)30(23(24,25)26)21(33)16-9-27-13-28-10-16/h7-14,17,34H,3-6H2,1-2H3. The van der Waals surface area contributed by atoms with Gasteiger partial charge in [0.2, 0.25) is 0 Å². The zero-order valence-electron chi connectivity index (χ0n) is 18.7. The number of hydrogen-bond acceptors (Lipinski definition) is 6. The molecule has 2 heterocycles. The fraction of sp³-hybridized carbons (Fsp3) is 0.435. The number of hydrogen-bond donors (Lipinski definition) is 1. The summed E-state index contributed by atoms with van der Waals surface area (Å²) in [5, 5.41) is 15.6. The van der Waals surface area contributed by atoms with Crippen molar-refractivity contribution in [3.63, 3.8) is 0 Å². The summed E-state index contributed by atoms with van der Waals surface area (Å²) in [7, 11) is 0. The fourth-order valence-electron chi connectivity index (χ4n) is 4.43. The lowest BCUT2D eigenvalue weighted by Gasteiger charge is -2.31. The van der Waals surface area contributed by atoms with Crippen LogP contribution in [0.2, 0.25) is 0 Å². The van der Waals surface area contributed by atoms with Gasteiger partial charge in [-0.15, -0.1) is 13.2 Å². The smallest absolute Gasteiger partial charge is 0.386 e. The van der Waals surface area contributed by atoms with Crippen molar-refractivity contribution in [2.24, 2.45) is 5.92 Å². The summed E-state index contributed by atoms with van der Waals surface area (Å²) in [6.45, 7) is 2.72. The normalized spacial score (nSPS) is 19.2. The van der Waals surface area contributed by atoms with Crippen LogP contribution in [0.1, 0.15) is 61.5 Å². The second-order valence-corrected chi connectivity index (χ2v) is 9.02. The largest absolute Gasteiger partial charge is 0.491 e. The highest BCUT2D eigenvalue weighted by Crippen LogP contribution is 2.41. The van der Waals surface area contributed by atoms with Gasteiger partial charge in [-0.05, 0) is 51.7 Å². The fourth-order valence-corrected chi connectivity index (χ4v) is 4.43. The quantitative estimate of drug-likeness (QED) is 0.440. The first-order valence-electron chi connectivity index (χ1n) is 10.9. The molecular formula is C23H24F3N5O3. The first-order chi connectivity index (χ1) is 16.0. The number of rotatable bonds is 5. The van der Waals surface area contributed by atoms with Crippen molar-refractivity contribution in [2.75, 3.05) is 4.90 Å². The van der Waals surface area contributed by atoms with Crippen LogP contribution >= 0.6 is 0 Å². The summed E-state index contributed by atoms with van der Waals surface area (Å²) in [5.41, 5.74) is -2.07. The number of carbonyl (C=O) groups excluding carboxylic acids is 2. The van der Waals surface area contributed by atoms with E-state index in [9.17, 15) is 27.9 Å². The van der Waals surface area contributed by atoms with E-state index in [-0.39, 0.29) is 28.0 Å². The van der Waals surface area contributed by atoms with Crippen LogP contribution in [0.15, 0.2) is 37.1 Å². The van der Waals surface area contributed by atoms with Gasteiger partial charge < -0.3 is 9.90 Å². The molecule has 0 bridgehead atoms. The molecule has 0 atom stereocenters. The molecule has 3 aromatic rings. The van der Waals surface area contributed by atoms with E-state index in [2.05, 4.69) is 15.1 Å². The Morgan fingerprint density at radius 3 is 2.32 bits per heavy atom. The van der Waals surface area contributed by atoms with Gasteiger partial charge in [0, 0.05) is 29.3 Å². The van der Waals surface area contributed by atoms with Gasteiger partial charge in [0.1, 0.15) is 12.6 Å². The topological polar surface area (TPSA) is 101 Å². The molecule has 0 unspecified atom stereocenters. The minimum atomic E-state index is -5.08. The summed E-state index contributed by atoms with van der Waals surface area (Å²) in [5.74, 6) is -1.36. The van der Waals surface area contributed by atoms with Crippen LogP contribution in [-0.4, -0.2) is 43.3 Å². The molecule has 2 aromatic heterocycles. The maximum Gasteiger partial charge on any atom is 0.491 e. The van der Waals surface area contributed by atoms with E-state index in [1.54, 1.807) is 4.68 Å². The Bertz CT molecular complexity index is 1200. The molecule has 0 radical (unpaired) electrons. The molecule has 1 saturated carbocycles. The second-order valence-electron chi connectivity index (χ2n) is 9.02. The summed E-state index contributed by atoms with van der Waals surface area (Å²) in [4.78, 5) is 31.0. The molecule has 1 amide bonds. The third kappa shape index (κ3) is 4.52. The van der Waals surface area contributed by atoms with Crippen LogP contribution in [0.4, 0.5) is 18.9 Å². The van der Waals surface area contributed by atoms with Gasteiger partial charge in [-0.3, -0.25) is 9.48 Å². The number of aldehydes is 1. The molecular weight excluding hydrogens is 451 g/mol. The van der Waals surface area contributed by atoms with Crippen LogP contribution in [0.3, 0.4) is 0 Å². The Labute approximate surface area is 193 Å². The molecule has 8 nitrogen and oxygen atoms in total. The number of fused-ring (bicyclic) bond motifs is 1. The first-order valence-corrected chi connectivity index (χ1v) is 10.9. The van der Waals surface area contributed by atoms with Crippen molar-refractivity contribution in [1.29, 1.82) is 0 Å². The lowest BCUT2D eigenvalue weighted by atomic mass is 9.87. The predicted molar refractivity (Wildman–Crippen MR) is 117 cm³/mol.